The van der Waals surface area contributed by atoms with Gasteiger partial charge in [-0.25, -0.2) is 0 Å². The second kappa shape index (κ2) is 8.08. The smallest absolute Gasteiger partial charge is 0.323 e. The van der Waals surface area contributed by atoms with Gasteiger partial charge in [0.1, 0.15) is 6.54 Å². The Morgan fingerprint density at radius 3 is 2.56 bits per heavy atom. The molecule has 0 aromatic rings. The number of hydrogen-bond donors (Lipinski definition) is 1. The number of rotatable bonds is 8. The van der Waals surface area contributed by atoms with E-state index in [-0.39, 0.29) is 12.5 Å². The van der Waals surface area contributed by atoms with Gasteiger partial charge in [-0.15, -0.1) is 0 Å². The van der Waals surface area contributed by atoms with Gasteiger partial charge in [0.15, 0.2) is 0 Å². The average molecular weight is 257 g/mol. The first-order valence-corrected chi connectivity index (χ1v) is 6.62. The number of carbonyl (C=O) groups is 2. The second-order valence-corrected chi connectivity index (χ2v) is 4.89. The van der Waals surface area contributed by atoms with Crippen molar-refractivity contribution < 1.29 is 19.4 Å². The van der Waals surface area contributed by atoms with Crippen molar-refractivity contribution >= 4 is 11.9 Å². The van der Waals surface area contributed by atoms with E-state index in [2.05, 4.69) is 0 Å². The maximum absolute atomic E-state index is 11.9. The summed E-state index contributed by atoms with van der Waals surface area (Å²) in [5, 5.41) is 8.78. The molecule has 1 aliphatic rings. The molecule has 0 radical (unpaired) electrons. The standard InChI is InChI=1S/C13H23NO4/c1-18-9-8-14(10-13(16)17)12(15)7-6-11-4-2-3-5-11/h11H,2-10H2,1H3,(H,16,17). The number of aliphatic carboxylic acids is 1. The summed E-state index contributed by atoms with van der Waals surface area (Å²) in [7, 11) is 1.54. The summed E-state index contributed by atoms with van der Waals surface area (Å²) < 4.78 is 4.90. The minimum absolute atomic E-state index is 0.0682. The minimum atomic E-state index is -0.972. The van der Waals surface area contributed by atoms with Crippen molar-refractivity contribution in [3.8, 4) is 0 Å². The Morgan fingerprint density at radius 2 is 2.00 bits per heavy atom. The van der Waals surface area contributed by atoms with Crippen LogP contribution in [0.5, 0.6) is 0 Å². The van der Waals surface area contributed by atoms with Crippen molar-refractivity contribution in [1.82, 2.24) is 4.90 Å². The number of amides is 1. The number of carboxylic acids is 1. The zero-order valence-corrected chi connectivity index (χ0v) is 11.1. The molecule has 5 heteroatoms. The third-order valence-electron chi connectivity index (χ3n) is 3.49. The summed E-state index contributed by atoms with van der Waals surface area (Å²) in [6, 6.07) is 0. The van der Waals surface area contributed by atoms with E-state index in [1.165, 1.54) is 30.6 Å². The zero-order valence-electron chi connectivity index (χ0n) is 11.1. The van der Waals surface area contributed by atoms with Gasteiger partial charge < -0.3 is 14.7 Å². The molecular formula is C13H23NO4. The molecule has 5 nitrogen and oxygen atoms in total. The first-order chi connectivity index (χ1) is 8.63. The molecule has 1 rings (SSSR count). The minimum Gasteiger partial charge on any atom is -0.480 e. The summed E-state index contributed by atoms with van der Waals surface area (Å²) in [5.74, 6) is -0.385. The highest BCUT2D eigenvalue weighted by Gasteiger charge is 2.20. The Bertz CT molecular complexity index is 274. The van der Waals surface area contributed by atoms with Crippen molar-refractivity contribution in [2.75, 3.05) is 26.8 Å². The predicted octanol–water partition coefficient (Wildman–Crippen LogP) is 1.52. The first kappa shape index (κ1) is 15.0. The van der Waals surface area contributed by atoms with Gasteiger partial charge in [0.2, 0.25) is 5.91 Å². The Labute approximate surface area is 108 Å². The lowest BCUT2D eigenvalue weighted by atomic mass is 10.0. The quantitative estimate of drug-likeness (QED) is 0.716. The molecule has 1 aliphatic carbocycles. The average Bonchev–Trinajstić information content (AvgIpc) is 2.84. The van der Waals surface area contributed by atoms with Crippen molar-refractivity contribution in [2.45, 2.75) is 38.5 Å². The first-order valence-electron chi connectivity index (χ1n) is 6.62. The molecule has 0 atom stereocenters. The van der Waals surface area contributed by atoms with E-state index < -0.39 is 5.97 Å². The Morgan fingerprint density at radius 1 is 1.33 bits per heavy atom. The van der Waals surface area contributed by atoms with Crippen LogP contribution < -0.4 is 0 Å². The van der Waals surface area contributed by atoms with Crippen LogP contribution in [0, 0.1) is 5.92 Å². The van der Waals surface area contributed by atoms with Crippen LogP contribution >= 0.6 is 0 Å². The molecule has 0 unspecified atom stereocenters. The Hall–Kier alpha value is -1.10. The fourth-order valence-corrected chi connectivity index (χ4v) is 2.44. The highest BCUT2D eigenvalue weighted by Crippen LogP contribution is 2.28. The molecule has 1 saturated carbocycles. The van der Waals surface area contributed by atoms with Gasteiger partial charge in [-0.1, -0.05) is 25.7 Å². The van der Waals surface area contributed by atoms with Crippen molar-refractivity contribution in [3.63, 3.8) is 0 Å². The van der Waals surface area contributed by atoms with Gasteiger partial charge in [-0.3, -0.25) is 9.59 Å². The summed E-state index contributed by atoms with van der Waals surface area (Å²) in [5.41, 5.74) is 0. The molecule has 1 N–H and O–H groups in total. The Balaban J connectivity index is 2.34. The van der Waals surface area contributed by atoms with Gasteiger partial charge in [-0.2, -0.15) is 0 Å². The molecule has 0 bridgehead atoms. The Kier molecular flexibility index (Phi) is 6.72. The van der Waals surface area contributed by atoms with E-state index in [0.29, 0.717) is 25.5 Å². The molecule has 1 fully saturated rings. The van der Waals surface area contributed by atoms with Gasteiger partial charge >= 0.3 is 5.97 Å². The summed E-state index contributed by atoms with van der Waals surface area (Å²) >= 11 is 0. The van der Waals surface area contributed by atoms with E-state index in [4.69, 9.17) is 9.84 Å². The molecule has 0 saturated heterocycles. The lowest BCUT2D eigenvalue weighted by Crippen LogP contribution is -2.38. The van der Waals surface area contributed by atoms with Crippen LogP contribution in [0.3, 0.4) is 0 Å². The van der Waals surface area contributed by atoms with Gasteiger partial charge in [0, 0.05) is 20.1 Å². The van der Waals surface area contributed by atoms with Crippen LogP contribution in [0.1, 0.15) is 38.5 Å². The topological polar surface area (TPSA) is 66.8 Å². The molecule has 0 aliphatic heterocycles. The van der Waals surface area contributed by atoms with E-state index in [9.17, 15) is 9.59 Å². The lowest BCUT2D eigenvalue weighted by molar-refractivity contribution is -0.145. The highest BCUT2D eigenvalue weighted by atomic mass is 16.5. The van der Waals surface area contributed by atoms with Crippen LogP contribution in [0.4, 0.5) is 0 Å². The van der Waals surface area contributed by atoms with E-state index in [1.807, 2.05) is 0 Å². The third kappa shape index (κ3) is 5.49. The van der Waals surface area contributed by atoms with E-state index in [1.54, 1.807) is 7.11 Å². The highest BCUT2D eigenvalue weighted by molar-refractivity contribution is 5.81. The van der Waals surface area contributed by atoms with Crippen LogP contribution in [0.25, 0.3) is 0 Å². The third-order valence-corrected chi connectivity index (χ3v) is 3.49. The zero-order chi connectivity index (χ0) is 13.4. The van der Waals surface area contributed by atoms with Crippen molar-refractivity contribution in [2.24, 2.45) is 5.92 Å². The van der Waals surface area contributed by atoms with Crippen LogP contribution in [-0.2, 0) is 14.3 Å². The molecule has 1 amide bonds. The summed E-state index contributed by atoms with van der Waals surface area (Å²) in [6.07, 6.45) is 6.31. The summed E-state index contributed by atoms with van der Waals surface area (Å²) in [4.78, 5) is 24.0. The van der Waals surface area contributed by atoms with Crippen molar-refractivity contribution in [1.29, 1.82) is 0 Å². The van der Waals surface area contributed by atoms with Crippen LogP contribution in [-0.4, -0.2) is 48.7 Å². The molecule has 0 aromatic heterocycles. The molecule has 0 spiro atoms. The second-order valence-electron chi connectivity index (χ2n) is 4.89. The number of carbonyl (C=O) groups excluding carboxylic acids is 1. The van der Waals surface area contributed by atoms with E-state index >= 15 is 0 Å². The van der Waals surface area contributed by atoms with Crippen LogP contribution in [0.15, 0.2) is 0 Å². The number of hydrogen-bond acceptors (Lipinski definition) is 3. The van der Waals surface area contributed by atoms with E-state index in [0.717, 1.165) is 6.42 Å². The number of ether oxygens (including phenoxy) is 1. The molecule has 104 valence electrons. The number of methoxy groups -OCH3 is 1. The van der Waals surface area contributed by atoms with Gasteiger partial charge in [0.05, 0.1) is 6.61 Å². The number of nitrogens with zero attached hydrogens (tertiary/aromatic N) is 1. The van der Waals surface area contributed by atoms with Gasteiger partial charge in [-0.05, 0) is 12.3 Å². The normalized spacial score (nSPS) is 15.8. The fraction of sp³-hybridized carbons (Fsp3) is 0.846. The maximum atomic E-state index is 11.9. The molecule has 18 heavy (non-hydrogen) atoms. The molecule has 0 heterocycles. The SMILES string of the molecule is COCCN(CC(=O)O)C(=O)CCC1CCCC1. The largest absolute Gasteiger partial charge is 0.480 e. The predicted molar refractivity (Wildman–Crippen MR) is 67.3 cm³/mol. The van der Waals surface area contributed by atoms with Crippen LogP contribution in [0.2, 0.25) is 0 Å². The summed E-state index contributed by atoms with van der Waals surface area (Å²) in [6.45, 7) is 0.502. The fourth-order valence-electron chi connectivity index (χ4n) is 2.44. The molecule has 0 aromatic carbocycles. The molecular weight excluding hydrogens is 234 g/mol. The van der Waals surface area contributed by atoms with Crippen molar-refractivity contribution in [3.05, 3.63) is 0 Å². The van der Waals surface area contributed by atoms with Gasteiger partial charge in [0.25, 0.3) is 0 Å². The lowest BCUT2D eigenvalue weighted by Gasteiger charge is -2.21. The monoisotopic (exact) mass is 257 g/mol. The number of carboxylic acid groups (broad SMARTS) is 1. The maximum Gasteiger partial charge on any atom is 0.323 e.